The maximum atomic E-state index is 12.4. The van der Waals surface area contributed by atoms with E-state index in [2.05, 4.69) is 9.83 Å². The summed E-state index contributed by atoms with van der Waals surface area (Å²) >= 11 is 0. The van der Waals surface area contributed by atoms with Crippen LogP contribution in [0, 0.1) is 0 Å². The van der Waals surface area contributed by atoms with Gasteiger partial charge in [-0.3, -0.25) is 0 Å². The molecular weight excluding hydrogens is 308 g/mol. The quantitative estimate of drug-likeness (QED) is 0.348. The van der Waals surface area contributed by atoms with Crippen molar-refractivity contribution < 1.29 is 19.2 Å². The van der Waals surface area contributed by atoms with E-state index in [9.17, 15) is 9.59 Å². The van der Waals surface area contributed by atoms with Gasteiger partial charge in [0.1, 0.15) is 0 Å². The third-order valence-corrected chi connectivity index (χ3v) is 3.43. The topological polar surface area (TPSA) is 91.0 Å². The number of hydrogen-bond donors (Lipinski definition) is 1. The number of hydrogen-bond acceptors (Lipinski definition) is 6. The van der Waals surface area contributed by atoms with Crippen molar-refractivity contribution in [3.05, 3.63) is 71.8 Å². The zero-order chi connectivity index (χ0) is 17.2. The summed E-state index contributed by atoms with van der Waals surface area (Å²) in [6.45, 7) is 0.0757. The molecule has 1 unspecified atom stereocenters. The lowest BCUT2D eigenvalue weighted by Crippen LogP contribution is -2.26. The number of carbonyl (C=O) groups is 1. The summed E-state index contributed by atoms with van der Waals surface area (Å²) in [6.07, 6.45) is 0.934. The molecule has 0 spiro atoms. The Kier molecular flexibility index (Phi) is 6.86. The summed E-state index contributed by atoms with van der Waals surface area (Å²) in [5.41, 5.74) is 1.64. The number of nitrogens with zero attached hydrogens (tertiary/aromatic N) is 1. The first-order valence-electron chi connectivity index (χ1n) is 7.45. The second kappa shape index (κ2) is 9.37. The van der Waals surface area contributed by atoms with Crippen LogP contribution in [0.2, 0.25) is 0 Å². The molecule has 0 fully saturated rings. The highest BCUT2D eigenvalue weighted by Crippen LogP contribution is 2.26. The minimum atomic E-state index is -0.999. The Morgan fingerprint density at radius 2 is 1.58 bits per heavy atom. The van der Waals surface area contributed by atoms with Gasteiger partial charge < -0.3 is 9.57 Å². The van der Waals surface area contributed by atoms with Crippen LogP contribution in [0.3, 0.4) is 0 Å². The fraction of sp³-hybridized carbons (Fsp3) is 0.222. The third-order valence-electron chi connectivity index (χ3n) is 3.43. The molecule has 2 N–H and O–H groups in total. The van der Waals surface area contributed by atoms with Crippen molar-refractivity contribution in [1.29, 1.82) is 0 Å². The predicted molar refractivity (Wildman–Crippen MR) is 87.5 cm³/mol. The summed E-state index contributed by atoms with van der Waals surface area (Å²) in [6, 6.07) is 17.7. The first-order valence-corrected chi connectivity index (χ1v) is 7.45. The van der Waals surface area contributed by atoms with Crippen molar-refractivity contribution >= 4 is 12.0 Å². The van der Waals surface area contributed by atoms with Gasteiger partial charge in [0.2, 0.25) is 6.08 Å². The van der Waals surface area contributed by atoms with E-state index in [1.54, 1.807) is 0 Å². The van der Waals surface area contributed by atoms with E-state index in [0.29, 0.717) is 0 Å². The predicted octanol–water partition coefficient (Wildman–Crippen LogP) is 2.30. The summed E-state index contributed by atoms with van der Waals surface area (Å²) in [4.78, 5) is 30.9. The molecule has 0 aliphatic heterocycles. The fourth-order valence-electron chi connectivity index (χ4n) is 2.26. The van der Waals surface area contributed by atoms with E-state index >= 15 is 0 Å². The molecular formula is C18H18N2O4. The maximum absolute atomic E-state index is 12.4. The number of isocyanates is 1. The molecule has 0 amide bonds. The van der Waals surface area contributed by atoms with E-state index in [-0.39, 0.29) is 13.0 Å². The molecule has 2 aromatic rings. The van der Waals surface area contributed by atoms with Gasteiger partial charge in [0.15, 0.2) is 12.1 Å². The van der Waals surface area contributed by atoms with Gasteiger partial charge in [0.05, 0.1) is 6.61 Å². The molecule has 2 rings (SSSR count). The highest BCUT2D eigenvalue weighted by Gasteiger charge is 2.25. The van der Waals surface area contributed by atoms with Gasteiger partial charge in [0, 0.05) is 6.42 Å². The average Bonchev–Trinajstić information content (AvgIpc) is 2.64. The van der Waals surface area contributed by atoms with Crippen molar-refractivity contribution in [3.63, 3.8) is 0 Å². The molecule has 6 heteroatoms. The molecule has 0 aromatic heterocycles. The van der Waals surface area contributed by atoms with Crippen LogP contribution < -0.4 is 5.90 Å². The number of nitrogens with two attached hydrogens (primary N) is 1. The second-order valence-corrected chi connectivity index (χ2v) is 5.03. The highest BCUT2D eigenvalue weighted by atomic mass is 16.6. The Bertz CT molecular complexity index is 645. The van der Waals surface area contributed by atoms with Crippen LogP contribution in [0.4, 0.5) is 0 Å². The minimum absolute atomic E-state index is 0.0757. The molecule has 6 nitrogen and oxygen atoms in total. The van der Waals surface area contributed by atoms with E-state index in [1.807, 2.05) is 60.7 Å². The molecule has 0 bridgehead atoms. The van der Waals surface area contributed by atoms with Gasteiger partial charge in [-0.1, -0.05) is 60.7 Å². The molecule has 0 heterocycles. The summed E-state index contributed by atoms with van der Waals surface area (Å²) in [5, 5.41) is 0. The van der Waals surface area contributed by atoms with Crippen molar-refractivity contribution in [1.82, 2.24) is 0 Å². The van der Waals surface area contributed by atoms with Gasteiger partial charge in [-0.15, -0.1) is 0 Å². The van der Waals surface area contributed by atoms with Crippen LogP contribution in [-0.2, 0) is 19.2 Å². The van der Waals surface area contributed by atoms with Gasteiger partial charge >= 0.3 is 5.97 Å². The summed E-state index contributed by atoms with van der Waals surface area (Å²) < 4.78 is 5.63. The zero-order valence-corrected chi connectivity index (χ0v) is 13.0. The zero-order valence-electron chi connectivity index (χ0n) is 13.0. The Morgan fingerprint density at radius 3 is 2.04 bits per heavy atom. The van der Waals surface area contributed by atoms with Crippen molar-refractivity contribution in [2.24, 2.45) is 10.9 Å². The fourth-order valence-corrected chi connectivity index (χ4v) is 2.26. The average molecular weight is 326 g/mol. The van der Waals surface area contributed by atoms with Crippen LogP contribution in [0.1, 0.15) is 23.7 Å². The number of carbonyl (C=O) groups excluding carboxylic acids is 2. The second-order valence-electron chi connectivity index (χ2n) is 5.03. The first kappa shape index (κ1) is 17.6. The van der Waals surface area contributed by atoms with Crippen LogP contribution >= 0.6 is 0 Å². The summed E-state index contributed by atoms with van der Waals surface area (Å²) in [7, 11) is 0. The Balaban J connectivity index is 2.25. The van der Waals surface area contributed by atoms with Crippen molar-refractivity contribution in [2.75, 3.05) is 6.61 Å². The van der Waals surface area contributed by atoms with Crippen LogP contribution in [0.5, 0.6) is 0 Å². The lowest BCUT2D eigenvalue weighted by Gasteiger charge is -2.20. The molecule has 24 heavy (non-hydrogen) atoms. The van der Waals surface area contributed by atoms with Crippen LogP contribution in [-0.4, -0.2) is 24.7 Å². The van der Waals surface area contributed by atoms with Crippen molar-refractivity contribution in [2.45, 2.75) is 18.6 Å². The SMILES string of the molecule is NOCCC(N=C=O)C(=O)OC(c1ccccc1)c1ccccc1. The number of aliphatic imine (C=N–C) groups is 1. The highest BCUT2D eigenvalue weighted by molar-refractivity contribution is 5.77. The maximum Gasteiger partial charge on any atom is 0.332 e. The van der Waals surface area contributed by atoms with E-state index in [4.69, 9.17) is 10.6 Å². The Morgan fingerprint density at radius 1 is 1.04 bits per heavy atom. The normalized spacial score (nSPS) is 11.6. The van der Waals surface area contributed by atoms with E-state index in [1.165, 1.54) is 6.08 Å². The van der Waals surface area contributed by atoms with Crippen molar-refractivity contribution in [3.8, 4) is 0 Å². The number of benzene rings is 2. The third kappa shape index (κ3) is 4.86. The monoisotopic (exact) mass is 326 g/mol. The number of esters is 1. The molecule has 1 atom stereocenters. The standard InChI is InChI=1S/C18H18N2O4/c19-23-12-11-16(20-13-21)18(22)24-17(14-7-3-1-4-8-14)15-9-5-2-6-10-15/h1-10,16-17H,11-12,19H2. The molecule has 0 aliphatic carbocycles. The lowest BCUT2D eigenvalue weighted by molar-refractivity contribution is -0.149. The first-order chi connectivity index (χ1) is 11.8. The van der Waals surface area contributed by atoms with Gasteiger partial charge in [-0.2, -0.15) is 4.99 Å². The lowest BCUT2D eigenvalue weighted by atomic mass is 10.0. The van der Waals surface area contributed by atoms with Gasteiger partial charge in [0.25, 0.3) is 0 Å². The minimum Gasteiger partial charge on any atom is -0.451 e. The molecule has 0 saturated heterocycles. The Labute approximate surface area is 139 Å². The molecule has 0 aliphatic rings. The summed E-state index contributed by atoms with van der Waals surface area (Å²) in [5.74, 6) is 4.33. The number of rotatable bonds is 8. The van der Waals surface area contributed by atoms with Gasteiger partial charge in [-0.25, -0.2) is 15.5 Å². The van der Waals surface area contributed by atoms with Crippen LogP contribution in [0.25, 0.3) is 0 Å². The molecule has 0 radical (unpaired) electrons. The van der Waals surface area contributed by atoms with Crippen LogP contribution in [0.15, 0.2) is 65.7 Å². The smallest absolute Gasteiger partial charge is 0.332 e. The van der Waals surface area contributed by atoms with Gasteiger partial charge in [-0.05, 0) is 11.1 Å². The molecule has 124 valence electrons. The Hall–Kier alpha value is -2.79. The van der Waals surface area contributed by atoms with E-state index < -0.39 is 18.1 Å². The largest absolute Gasteiger partial charge is 0.451 e. The molecule has 0 saturated carbocycles. The van der Waals surface area contributed by atoms with E-state index in [0.717, 1.165) is 11.1 Å². The molecule has 2 aromatic carbocycles. The number of ether oxygens (including phenoxy) is 1.